The third-order valence-electron chi connectivity index (χ3n) is 11.3. The van der Waals surface area contributed by atoms with Gasteiger partial charge in [-0.1, -0.05) is 36.4 Å². The van der Waals surface area contributed by atoms with Gasteiger partial charge in [0.1, 0.15) is 45.5 Å². The van der Waals surface area contributed by atoms with Crippen molar-refractivity contribution in [1.82, 2.24) is 29.9 Å². The molecular weight excluding hydrogens is 1250 g/mol. The van der Waals surface area contributed by atoms with Crippen LogP contribution < -0.4 is 16.0 Å². The summed E-state index contributed by atoms with van der Waals surface area (Å²) >= 11 is 17.6. The van der Waals surface area contributed by atoms with Crippen LogP contribution in [0.4, 0.5) is 52.0 Å². The molecule has 0 saturated carbocycles. The second-order valence-electron chi connectivity index (χ2n) is 16.9. The van der Waals surface area contributed by atoms with Gasteiger partial charge in [0.25, 0.3) is 40.5 Å². The van der Waals surface area contributed by atoms with Gasteiger partial charge in [0.05, 0.1) is 39.1 Å². The van der Waals surface area contributed by atoms with E-state index >= 15 is 0 Å². The molecule has 0 amide bonds. The number of nitrogens with one attached hydrogen (secondary N) is 3. The Labute approximate surface area is 480 Å². The summed E-state index contributed by atoms with van der Waals surface area (Å²) in [6.45, 7) is -0.710. The van der Waals surface area contributed by atoms with Gasteiger partial charge in [0, 0.05) is 10.8 Å². The largest absolute Gasteiger partial charge is 0.505 e. The van der Waals surface area contributed by atoms with Crippen LogP contribution in [0, 0.1) is 0 Å². The van der Waals surface area contributed by atoms with Gasteiger partial charge >= 0.3 is 0 Å². The normalized spacial score (nSPS) is 17.8. The zero-order chi connectivity index (χ0) is 60.5. The van der Waals surface area contributed by atoms with E-state index in [4.69, 9.17) is 39.5 Å². The van der Waals surface area contributed by atoms with Gasteiger partial charge in [-0.3, -0.25) is 18.2 Å². The fourth-order valence-electron chi connectivity index (χ4n) is 7.70. The van der Waals surface area contributed by atoms with Crippen molar-refractivity contribution in [3.05, 3.63) is 113 Å². The summed E-state index contributed by atoms with van der Waals surface area (Å²) in [5.41, 5.74) is -1.43. The maximum absolute atomic E-state index is 12.3. The quantitative estimate of drug-likeness (QED) is 0.0417. The van der Waals surface area contributed by atoms with Gasteiger partial charge in [-0.15, -0.1) is 10.2 Å². The Morgan fingerprint density at radius 3 is 1.30 bits per heavy atom. The predicted molar refractivity (Wildman–Crippen MR) is 290 cm³/mol. The van der Waals surface area contributed by atoms with Crippen LogP contribution in [0.25, 0.3) is 21.5 Å². The minimum atomic E-state index is -5.10. The molecule has 1 aliphatic rings. The minimum absolute atomic E-state index is 0.190. The number of ether oxygens (including phenoxy) is 1. The topological polar surface area (TPSA) is 511 Å². The first kappa shape index (κ1) is 61.4. The molecule has 0 spiro atoms. The Kier molecular flexibility index (Phi) is 18.0. The van der Waals surface area contributed by atoms with Crippen LogP contribution in [0.2, 0.25) is 15.9 Å². The highest BCUT2D eigenvalue weighted by Gasteiger charge is 2.44. The lowest BCUT2D eigenvalue weighted by molar-refractivity contribution is -0.245. The summed E-state index contributed by atoms with van der Waals surface area (Å²) in [6, 6.07) is 19.6. The number of aromatic hydroxyl groups is 2. The Bertz CT molecular complexity index is 4360. The molecule has 83 heavy (non-hydrogen) atoms. The molecule has 1 aliphatic heterocycles. The number of phenols is 2. The number of rotatable bonds is 15. The van der Waals surface area contributed by atoms with E-state index in [0.717, 1.165) is 36.4 Å². The van der Waals surface area contributed by atoms with E-state index in [9.17, 15) is 82.5 Å². The average molecular weight is 1290 g/mol. The van der Waals surface area contributed by atoms with Gasteiger partial charge < -0.3 is 51.3 Å². The molecule has 1 fully saturated rings. The first-order valence-electron chi connectivity index (χ1n) is 22.5. The Balaban J connectivity index is 0.000000225. The molecule has 0 radical (unpaired) electrons. The Hall–Kier alpha value is -7.63. The number of halogens is 3. The minimum Gasteiger partial charge on any atom is -0.505 e. The number of fused-ring (bicyclic) bond motifs is 2. The number of hydrogen-bond acceptors (Lipinski definition) is 28. The van der Waals surface area contributed by atoms with Crippen LogP contribution >= 0.6 is 34.8 Å². The monoisotopic (exact) mass is 1280 g/mol. The highest BCUT2D eigenvalue weighted by molar-refractivity contribution is 7.86. The molecule has 39 heteroatoms. The van der Waals surface area contributed by atoms with Crippen molar-refractivity contribution >= 4 is 149 Å². The zero-order valence-electron chi connectivity index (χ0n) is 40.7. The van der Waals surface area contributed by atoms with Crippen LogP contribution in [-0.2, 0) is 45.2 Å². The van der Waals surface area contributed by atoms with Crippen molar-refractivity contribution in [1.29, 1.82) is 0 Å². The maximum Gasteiger partial charge on any atom is 0.296 e. The number of hydrogen-bond donors (Lipinski definition) is 13. The SMILES string of the molecule is O=S(=O)(O)c1cc(Nc2nc(Cl)nc(Cl)n2)c2c(O)c(N=Nc3ccccc3)c(S(=O)(=O)O)cc2c1.O=S(=O)(O)c1cc(Nc2nc(Cl)nc(NC3C(O)OC(CO)C(O)C3O)n2)c2c(O)c(N=Nc3ccccc3)c(S(=O)(=O)O)cc2c1. The maximum atomic E-state index is 12.3. The number of phenolic OH excluding ortho intramolecular Hbond substituents is 2. The van der Waals surface area contributed by atoms with E-state index < -0.39 is 137 Å². The lowest BCUT2D eigenvalue weighted by Gasteiger charge is -2.40. The molecule has 0 aliphatic carbocycles. The molecule has 8 aromatic rings. The highest BCUT2D eigenvalue weighted by Crippen LogP contribution is 2.47. The summed E-state index contributed by atoms with van der Waals surface area (Å²) < 4.78 is 141. The fourth-order valence-corrected chi connectivity index (χ4v) is 10.6. The van der Waals surface area contributed by atoms with E-state index in [1.54, 1.807) is 48.5 Å². The van der Waals surface area contributed by atoms with E-state index in [-0.39, 0.29) is 55.1 Å². The van der Waals surface area contributed by atoms with Gasteiger partial charge in [0.15, 0.2) is 17.8 Å². The molecule has 5 unspecified atom stereocenters. The van der Waals surface area contributed by atoms with E-state index in [0.29, 0.717) is 5.69 Å². The van der Waals surface area contributed by atoms with Crippen LogP contribution in [-0.4, -0.2) is 150 Å². The van der Waals surface area contributed by atoms with Crippen molar-refractivity contribution in [3.63, 3.8) is 0 Å². The third kappa shape index (κ3) is 14.4. The molecule has 436 valence electrons. The van der Waals surface area contributed by atoms with Gasteiger partial charge in [-0.2, -0.15) is 73.8 Å². The van der Waals surface area contributed by atoms with Crippen LogP contribution in [0.3, 0.4) is 0 Å². The summed E-state index contributed by atoms with van der Waals surface area (Å²) in [7, 11) is -19.9. The first-order chi connectivity index (χ1) is 38.9. The Morgan fingerprint density at radius 2 is 0.904 bits per heavy atom. The third-order valence-corrected chi connectivity index (χ3v) is 15.2. The van der Waals surface area contributed by atoms with Gasteiger partial charge in [-0.05, 0) is 106 Å². The Morgan fingerprint density at radius 1 is 0.506 bits per heavy atom. The summed E-state index contributed by atoms with van der Waals surface area (Å²) in [5.74, 6) is -2.87. The molecule has 1 saturated heterocycles. The predicted octanol–water partition coefficient (Wildman–Crippen LogP) is 5.94. The molecule has 3 heterocycles. The molecule has 0 bridgehead atoms. The van der Waals surface area contributed by atoms with Crippen molar-refractivity contribution in [2.75, 3.05) is 22.6 Å². The first-order valence-corrected chi connectivity index (χ1v) is 29.4. The number of aliphatic hydroxyl groups excluding tert-OH is 4. The summed E-state index contributed by atoms with van der Waals surface area (Å²) in [5, 5.41) is 83.4. The highest BCUT2D eigenvalue weighted by atomic mass is 35.5. The molecule has 32 nitrogen and oxygen atoms in total. The zero-order valence-corrected chi connectivity index (χ0v) is 46.3. The molecule has 6 aromatic carbocycles. The van der Waals surface area contributed by atoms with Crippen molar-refractivity contribution in [3.8, 4) is 11.5 Å². The van der Waals surface area contributed by atoms with Crippen molar-refractivity contribution < 1.29 is 87.3 Å². The second kappa shape index (κ2) is 24.3. The average Bonchev–Trinajstić information content (AvgIpc) is 1.85. The van der Waals surface area contributed by atoms with E-state index in [1.165, 1.54) is 12.1 Å². The second-order valence-corrected chi connectivity index (χ2v) is 23.5. The van der Waals surface area contributed by atoms with Gasteiger partial charge in [-0.25, -0.2) is 0 Å². The molecular formula is C44H36Cl3N13O19S4. The van der Waals surface area contributed by atoms with Crippen LogP contribution in [0.1, 0.15) is 0 Å². The summed E-state index contributed by atoms with van der Waals surface area (Å²) in [4.78, 5) is 19.6. The lowest BCUT2D eigenvalue weighted by Crippen LogP contribution is -2.61. The van der Waals surface area contributed by atoms with Crippen molar-refractivity contribution in [2.45, 2.75) is 50.2 Å². The number of azo groups is 2. The van der Waals surface area contributed by atoms with E-state index in [1.807, 2.05) is 0 Å². The molecule has 5 atom stereocenters. The molecule has 2 aromatic heterocycles. The number of benzene rings is 6. The summed E-state index contributed by atoms with van der Waals surface area (Å²) in [6.07, 6.45) is -6.40. The van der Waals surface area contributed by atoms with Gasteiger partial charge in [0.2, 0.25) is 33.7 Å². The van der Waals surface area contributed by atoms with Crippen LogP contribution in [0.5, 0.6) is 11.5 Å². The fraction of sp³-hybridized carbons (Fsp3) is 0.136. The molecule has 13 N–H and O–H groups in total. The number of nitrogens with zero attached hydrogens (tertiary/aromatic N) is 10. The lowest BCUT2D eigenvalue weighted by atomic mass is 9.97. The number of aliphatic hydroxyl groups is 4. The van der Waals surface area contributed by atoms with E-state index in [2.05, 4.69) is 66.3 Å². The number of anilines is 5. The standard InChI is InChI=1S/C25H24ClN7O12S2.C19H12Cl2N6O7S2/c26-23-29-24(31-25(30-23)28-18-21(37)19(35)14(9-34)45-22(18)38)27-13-8-12(46(39,40)41)6-10-7-15(47(42,43)44)17(20(36)16(10)13)33-32-11-4-2-1-3-5-11;20-17-23-18(21)25-19(24-17)22-12-8-11(35(29,30)31)6-9-7-13(36(32,33)34)15(16(28)14(9)12)27-26-10-4-2-1-3-5-10/h1-8,14,18-19,21-22,34-38H,9H2,(H,39,40,41)(H,42,43,44)(H2,27,28,29,30,31);1-8,28H,(H,29,30,31)(H,32,33,34)(H,22,23,24,25). The van der Waals surface area contributed by atoms with Crippen molar-refractivity contribution in [2.24, 2.45) is 20.5 Å². The smallest absolute Gasteiger partial charge is 0.296 e. The number of aromatic nitrogens is 6. The van der Waals surface area contributed by atoms with Crippen LogP contribution in [0.15, 0.2) is 137 Å². The molecule has 9 rings (SSSR count).